The Labute approximate surface area is 109 Å². The van der Waals surface area contributed by atoms with Crippen LogP contribution < -0.4 is 11.3 Å². The largest absolute Gasteiger partial charge is 0.439 e. The zero-order chi connectivity index (χ0) is 13.4. The number of para-hydroxylation sites is 1. The van der Waals surface area contributed by atoms with Gasteiger partial charge in [0.05, 0.1) is 5.69 Å². The molecule has 3 rings (SSSR count). The summed E-state index contributed by atoms with van der Waals surface area (Å²) in [4.78, 5) is 16.1. The van der Waals surface area contributed by atoms with E-state index in [4.69, 9.17) is 10.2 Å². The first-order valence-corrected chi connectivity index (χ1v) is 5.94. The van der Waals surface area contributed by atoms with E-state index in [-0.39, 0.29) is 5.56 Å². The van der Waals surface area contributed by atoms with Crippen molar-refractivity contribution in [2.75, 3.05) is 5.73 Å². The molecule has 0 radical (unpaired) electrons. The lowest BCUT2D eigenvalue weighted by Gasteiger charge is -2.01. The smallest absolute Gasteiger partial charge is 0.251 e. The Bertz CT molecular complexity index is 802. The van der Waals surface area contributed by atoms with Gasteiger partial charge in [0.25, 0.3) is 5.56 Å². The maximum atomic E-state index is 11.8. The van der Waals surface area contributed by atoms with Crippen LogP contribution in [-0.2, 0) is 6.54 Å². The second kappa shape index (κ2) is 4.28. The van der Waals surface area contributed by atoms with E-state index in [1.807, 2.05) is 19.1 Å². The fraction of sp³-hybridized carbons (Fsp3) is 0.143. The van der Waals surface area contributed by atoms with Gasteiger partial charge in [0.15, 0.2) is 5.58 Å². The van der Waals surface area contributed by atoms with Gasteiger partial charge in [0, 0.05) is 12.3 Å². The number of pyridine rings is 1. The molecule has 0 aliphatic carbocycles. The van der Waals surface area contributed by atoms with Crippen LogP contribution in [0.1, 0.15) is 11.5 Å². The topological polar surface area (TPSA) is 74.1 Å². The van der Waals surface area contributed by atoms with Crippen molar-refractivity contribution < 1.29 is 4.42 Å². The highest BCUT2D eigenvalue weighted by molar-refractivity contribution is 5.85. The van der Waals surface area contributed by atoms with E-state index in [2.05, 4.69) is 4.98 Å². The van der Waals surface area contributed by atoms with Crippen molar-refractivity contribution in [1.29, 1.82) is 0 Å². The molecule has 0 fully saturated rings. The molecule has 0 saturated carbocycles. The highest BCUT2D eigenvalue weighted by Gasteiger charge is 2.09. The molecule has 2 N–H and O–H groups in total. The molecule has 5 nitrogen and oxygen atoms in total. The molecule has 0 spiro atoms. The van der Waals surface area contributed by atoms with Crippen LogP contribution in [0.15, 0.2) is 45.7 Å². The van der Waals surface area contributed by atoms with Crippen molar-refractivity contribution >= 4 is 16.8 Å². The molecule has 5 heteroatoms. The quantitative estimate of drug-likeness (QED) is 0.710. The standard InChI is InChI=1S/C14H13N3O2/c1-9-5-6-17(13(18)7-9)8-12-16-14-10(15)3-2-4-11(14)19-12/h2-7H,8,15H2,1H3. The van der Waals surface area contributed by atoms with Gasteiger partial charge in [-0.3, -0.25) is 4.79 Å². The van der Waals surface area contributed by atoms with E-state index in [1.165, 1.54) is 0 Å². The molecule has 96 valence electrons. The molecule has 0 aliphatic rings. The van der Waals surface area contributed by atoms with Crippen LogP contribution in [0.2, 0.25) is 0 Å². The second-order valence-corrected chi connectivity index (χ2v) is 4.47. The molecule has 0 bridgehead atoms. The third-order valence-electron chi connectivity index (χ3n) is 2.95. The first kappa shape index (κ1) is 11.5. The maximum absolute atomic E-state index is 11.8. The summed E-state index contributed by atoms with van der Waals surface area (Å²) in [6.45, 7) is 2.18. The highest BCUT2D eigenvalue weighted by Crippen LogP contribution is 2.21. The third kappa shape index (κ3) is 2.10. The molecule has 2 heterocycles. The van der Waals surface area contributed by atoms with E-state index >= 15 is 0 Å². The number of benzene rings is 1. The molecular weight excluding hydrogens is 242 g/mol. The number of rotatable bonds is 2. The highest BCUT2D eigenvalue weighted by atomic mass is 16.3. The van der Waals surface area contributed by atoms with Crippen molar-refractivity contribution in [2.45, 2.75) is 13.5 Å². The minimum atomic E-state index is -0.0739. The monoisotopic (exact) mass is 255 g/mol. The Morgan fingerprint density at radius 3 is 2.95 bits per heavy atom. The maximum Gasteiger partial charge on any atom is 0.251 e. The Morgan fingerprint density at radius 2 is 2.21 bits per heavy atom. The number of nitrogens with two attached hydrogens (primary N) is 1. The fourth-order valence-electron chi connectivity index (χ4n) is 1.97. The SMILES string of the molecule is Cc1ccn(Cc2nc3c(N)cccc3o2)c(=O)c1. The lowest BCUT2D eigenvalue weighted by Crippen LogP contribution is -2.19. The van der Waals surface area contributed by atoms with Crippen molar-refractivity contribution in [2.24, 2.45) is 0 Å². The third-order valence-corrected chi connectivity index (χ3v) is 2.95. The average Bonchev–Trinajstić information content (AvgIpc) is 2.77. The summed E-state index contributed by atoms with van der Waals surface area (Å²) in [6.07, 6.45) is 1.73. The fourth-order valence-corrected chi connectivity index (χ4v) is 1.97. The van der Waals surface area contributed by atoms with Crippen molar-refractivity contribution in [3.63, 3.8) is 0 Å². The molecule has 0 atom stereocenters. The predicted octanol–water partition coefficient (Wildman–Crippen LogP) is 1.93. The van der Waals surface area contributed by atoms with Gasteiger partial charge >= 0.3 is 0 Å². The molecule has 0 aliphatic heterocycles. The molecule has 1 aromatic carbocycles. The summed E-state index contributed by atoms with van der Waals surface area (Å²) >= 11 is 0. The van der Waals surface area contributed by atoms with E-state index < -0.39 is 0 Å². The molecule has 2 aromatic heterocycles. The van der Waals surface area contributed by atoms with Crippen molar-refractivity contribution in [3.8, 4) is 0 Å². The number of aromatic nitrogens is 2. The van der Waals surface area contributed by atoms with Gasteiger partial charge in [-0.05, 0) is 30.7 Å². The van der Waals surface area contributed by atoms with Crippen LogP contribution in [0.3, 0.4) is 0 Å². The van der Waals surface area contributed by atoms with Crippen LogP contribution in [0.5, 0.6) is 0 Å². The van der Waals surface area contributed by atoms with E-state index in [0.29, 0.717) is 29.2 Å². The molecule has 0 unspecified atom stereocenters. The average molecular weight is 255 g/mol. The molecule has 3 aromatic rings. The Morgan fingerprint density at radius 1 is 1.37 bits per heavy atom. The number of aryl methyl sites for hydroxylation is 1. The van der Waals surface area contributed by atoms with Gasteiger partial charge in [-0.15, -0.1) is 0 Å². The summed E-state index contributed by atoms with van der Waals surface area (Å²) in [5.74, 6) is 0.471. The van der Waals surface area contributed by atoms with Gasteiger partial charge in [0.1, 0.15) is 12.1 Å². The van der Waals surface area contributed by atoms with Gasteiger partial charge < -0.3 is 14.7 Å². The summed E-state index contributed by atoms with van der Waals surface area (Å²) in [5.41, 5.74) is 8.53. The van der Waals surface area contributed by atoms with Gasteiger partial charge in [-0.25, -0.2) is 4.98 Å². The first-order valence-electron chi connectivity index (χ1n) is 5.94. The van der Waals surface area contributed by atoms with Gasteiger partial charge in [-0.2, -0.15) is 0 Å². The molecule has 0 amide bonds. The number of anilines is 1. The van der Waals surface area contributed by atoms with Crippen LogP contribution in [-0.4, -0.2) is 9.55 Å². The van der Waals surface area contributed by atoms with Gasteiger partial charge in [-0.1, -0.05) is 6.07 Å². The van der Waals surface area contributed by atoms with Gasteiger partial charge in [0.2, 0.25) is 5.89 Å². The van der Waals surface area contributed by atoms with Crippen molar-refractivity contribution in [3.05, 3.63) is 58.3 Å². The number of oxazole rings is 1. The molecule has 19 heavy (non-hydrogen) atoms. The zero-order valence-corrected chi connectivity index (χ0v) is 10.5. The van der Waals surface area contributed by atoms with Crippen molar-refractivity contribution in [1.82, 2.24) is 9.55 Å². The summed E-state index contributed by atoms with van der Waals surface area (Å²) in [6, 6.07) is 8.84. The van der Waals surface area contributed by atoms with E-state index in [9.17, 15) is 4.79 Å². The normalized spacial score (nSPS) is 11.0. The summed E-state index contributed by atoms with van der Waals surface area (Å²) in [7, 11) is 0. The van der Waals surface area contributed by atoms with Crippen LogP contribution in [0.25, 0.3) is 11.1 Å². The second-order valence-electron chi connectivity index (χ2n) is 4.47. The molecular formula is C14H13N3O2. The number of nitrogen functional groups attached to an aromatic ring is 1. The Hall–Kier alpha value is -2.56. The lowest BCUT2D eigenvalue weighted by atomic mass is 10.3. The molecule has 0 saturated heterocycles. The predicted molar refractivity (Wildman–Crippen MR) is 73.0 cm³/mol. The summed E-state index contributed by atoms with van der Waals surface area (Å²) in [5, 5.41) is 0. The summed E-state index contributed by atoms with van der Waals surface area (Å²) < 4.78 is 7.14. The zero-order valence-electron chi connectivity index (χ0n) is 10.5. The van der Waals surface area contributed by atoms with Crippen LogP contribution in [0.4, 0.5) is 5.69 Å². The minimum absolute atomic E-state index is 0.0739. The number of fused-ring (bicyclic) bond motifs is 1. The number of nitrogens with zero attached hydrogens (tertiary/aromatic N) is 2. The number of hydrogen-bond donors (Lipinski definition) is 1. The Kier molecular flexibility index (Phi) is 2.59. The van der Waals surface area contributed by atoms with Crippen LogP contribution in [0, 0.1) is 6.92 Å². The number of hydrogen-bond acceptors (Lipinski definition) is 4. The van der Waals surface area contributed by atoms with E-state index in [1.54, 1.807) is 29.0 Å². The lowest BCUT2D eigenvalue weighted by molar-refractivity contribution is 0.504. The first-order chi connectivity index (χ1) is 9.13. The minimum Gasteiger partial charge on any atom is -0.439 e. The van der Waals surface area contributed by atoms with Crippen LogP contribution >= 0.6 is 0 Å². The Balaban J connectivity index is 2.01. The van der Waals surface area contributed by atoms with E-state index in [0.717, 1.165) is 5.56 Å².